The van der Waals surface area contributed by atoms with Crippen LogP contribution >= 0.6 is 0 Å². The maximum Gasteiger partial charge on any atom is 0.231 e. The van der Waals surface area contributed by atoms with Crippen LogP contribution in [0.3, 0.4) is 0 Å². The minimum Gasteiger partial charge on any atom is -0.454 e. The van der Waals surface area contributed by atoms with Gasteiger partial charge in [-0.3, -0.25) is 0 Å². The number of hydrogen-bond acceptors (Lipinski definition) is 5. The van der Waals surface area contributed by atoms with Gasteiger partial charge in [-0.05, 0) is 43.4 Å². The first kappa shape index (κ1) is 12.7. The largest absolute Gasteiger partial charge is 0.454 e. The molecule has 110 valence electrons. The number of rotatable bonds is 3. The molecule has 1 unspecified atom stereocenters. The lowest BCUT2D eigenvalue weighted by Gasteiger charge is -2.24. The summed E-state index contributed by atoms with van der Waals surface area (Å²) in [5.41, 5.74) is -0.0970. The van der Waals surface area contributed by atoms with Crippen molar-refractivity contribution in [1.29, 1.82) is 0 Å². The number of nitrogens with one attached hydrogen (secondary N) is 1. The first-order chi connectivity index (χ1) is 10.2. The van der Waals surface area contributed by atoms with E-state index < -0.39 is 0 Å². The molecule has 0 amide bonds. The smallest absolute Gasteiger partial charge is 0.231 e. The van der Waals surface area contributed by atoms with Gasteiger partial charge in [0, 0.05) is 24.7 Å². The SMILES string of the molecule is CC1(CNc2nccc3cc4c(cc23)OCO4)CCCO1. The average Bonchev–Trinajstić information content (AvgIpc) is 3.11. The molecular weight excluding hydrogens is 268 g/mol. The number of nitrogens with zero attached hydrogens (tertiary/aromatic N) is 1. The molecule has 1 atom stereocenters. The molecule has 1 N–H and O–H groups in total. The highest BCUT2D eigenvalue weighted by Gasteiger charge is 2.29. The minimum atomic E-state index is -0.0970. The quantitative estimate of drug-likeness (QED) is 0.940. The van der Waals surface area contributed by atoms with E-state index in [9.17, 15) is 0 Å². The van der Waals surface area contributed by atoms with Gasteiger partial charge in [0.2, 0.25) is 6.79 Å². The van der Waals surface area contributed by atoms with E-state index in [-0.39, 0.29) is 12.4 Å². The highest BCUT2D eigenvalue weighted by Crippen LogP contribution is 2.38. The van der Waals surface area contributed by atoms with E-state index in [1.165, 1.54) is 0 Å². The molecule has 3 heterocycles. The molecule has 2 aromatic rings. The predicted octanol–water partition coefficient (Wildman–Crippen LogP) is 2.94. The van der Waals surface area contributed by atoms with Gasteiger partial charge in [0.05, 0.1) is 5.60 Å². The van der Waals surface area contributed by atoms with Crippen molar-refractivity contribution >= 4 is 16.6 Å². The van der Waals surface area contributed by atoms with Gasteiger partial charge in [0.15, 0.2) is 11.5 Å². The zero-order chi connectivity index (χ0) is 14.3. The molecule has 2 aliphatic heterocycles. The minimum absolute atomic E-state index is 0.0970. The van der Waals surface area contributed by atoms with E-state index in [1.54, 1.807) is 0 Å². The number of aromatic nitrogens is 1. The number of ether oxygens (including phenoxy) is 3. The first-order valence-corrected chi connectivity index (χ1v) is 7.30. The van der Waals surface area contributed by atoms with Crippen LogP contribution in [0.2, 0.25) is 0 Å². The van der Waals surface area contributed by atoms with Crippen molar-refractivity contribution in [2.45, 2.75) is 25.4 Å². The average molecular weight is 286 g/mol. The third-order valence-corrected chi connectivity index (χ3v) is 4.19. The molecule has 2 aliphatic rings. The molecule has 5 nitrogen and oxygen atoms in total. The maximum atomic E-state index is 5.81. The van der Waals surface area contributed by atoms with Crippen molar-refractivity contribution in [3.63, 3.8) is 0 Å². The Balaban J connectivity index is 1.65. The summed E-state index contributed by atoms with van der Waals surface area (Å²) in [6.45, 7) is 4.04. The molecule has 1 aromatic heterocycles. The van der Waals surface area contributed by atoms with Crippen molar-refractivity contribution in [3.8, 4) is 11.5 Å². The van der Waals surface area contributed by atoms with Crippen molar-refractivity contribution in [3.05, 3.63) is 24.4 Å². The van der Waals surface area contributed by atoms with Crippen LogP contribution in [0.1, 0.15) is 19.8 Å². The van der Waals surface area contributed by atoms with E-state index in [4.69, 9.17) is 14.2 Å². The number of benzene rings is 1. The zero-order valence-corrected chi connectivity index (χ0v) is 12.0. The summed E-state index contributed by atoms with van der Waals surface area (Å²) in [5.74, 6) is 2.44. The number of pyridine rings is 1. The van der Waals surface area contributed by atoms with Gasteiger partial charge in [0.25, 0.3) is 0 Å². The molecule has 0 radical (unpaired) electrons. The molecular formula is C16H18N2O3. The van der Waals surface area contributed by atoms with E-state index in [1.807, 2.05) is 24.4 Å². The van der Waals surface area contributed by atoms with E-state index >= 15 is 0 Å². The monoisotopic (exact) mass is 286 g/mol. The Morgan fingerprint density at radius 1 is 1.29 bits per heavy atom. The molecule has 1 fully saturated rings. The lowest BCUT2D eigenvalue weighted by Crippen LogP contribution is -2.32. The molecule has 5 heteroatoms. The van der Waals surface area contributed by atoms with Crippen LogP contribution in [0.5, 0.6) is 11.5 Å². The number of fused-ring (bicyclic) bond motifs is 2. The van der Waals surface area contributed by atoms with Crippen LogP contribution in [0, 0.1) is 0 Å². The van der Waals surface area contributed by atoms with E-state index in [0.29, 0.717) is 0 Å². The van der Waals surface area contributed by atoms with Gasteiger partial charge in [0.1, 0.15) is 5.82 Å². The van der Waals surface area contributed by atoms with Crippen molar-refractivity contribution in [2.75, 3.05) is 25.3 Å². The van der Waals surface area contributed by atoms with E-state index in [0.717, 1.165) is 54.1 Å². The Hall–Kier alpha value is -2.01. The molecule has 0 aliphatic carbocycles. The highest BCUT2D eigenvalue weighted by molar-refractivity contribution is 5.94. The third-order valence-electron chi connectivity index (χ3n) is 4.19. The molecule has 0 bridgehead atoms. The fourth-order valence-corrected chi connectivity index (χ4v) is 2.95. The topological polar surface area (TPSA) is 52.6 Å². The second-order valence-corrected chi connectivity index (χ2v) is 5.84. The molecule has 1 aromatic carbocycles. The van der Waals surface area contributed by atoms with Gasteiger partial charge in [-0.25, -0.2) is 4.98 Å². The van der Waals surface area contributed by atoms with Gasteiger partial charge >= 0.3 is 0 Å². The zero-order valence-electron chi connectivity index (χ0n) is 12.0. The second-order valence-electron chi connectivity index (χ2n) is 5.84. The summed E-state index contributed by atoms with van der Waals surface area (Å²) in [5, 5.41) is 5.57. The summed E-state index contributed by atoms with van der Waals surface area (Å²) in [6, 6.07) is 5.97. The molecule has 21 heavy (non-hydrogen) atoms. The Morgan fingerprint density at radius 3 is 2.95 bits per heavy atom. The fraction of sp³-hybridized carbons (Fsp3) is 0.438. The van der Waals surface area contributed by atoms with Crippen LogP contribution in [0.4, 0.5) is 5.82 Å². The first-order valence-electron chi connectivity index (χ1n) is 7.30. The molecule has 4 rings (SSSR count). The summed E-state index contributed by atoms with van der Waals surface area (Å²) in [7, 11) is 0. The number of hydrogen-bond donors (Lipinski definition) is 1. The van der Waals surface area contributed by atoms with Crippen LogP contribution in [0.25, 0.3) is 10.8 Å². The Morgan fingerprint density at radius 2 is 2.14 bits per heavy atom. The van der Waals surface area contributed by atoms with Crippen LogP contribution in [0.15, 0.2) is 24.4 Å². The van der Waals surface area contributed by atoms with Crippen molar-refractivity contribution in [2.24, 2.45) is 0 Å². The number of anilines is 1. The lowest BCUT2D eigenvalue weighted by molar-refractivity contribution is 0.0315. The second kappa shape index (κ2) is 4.77. The van der Waals surface area contributed by atoms with Gasteiger partial charge < -0.3 is 19.5 Å². The Labute approximate surface area is 123 Å². The molecule has 0 saturated carbocycles. The lowest BCUT2D eigenvalue weighted by atomic mass is 10.0. The van der Waals surface area contributed by atoms with Crippen LogP contribution < -0.4 is 14.8 Å². The van der Waals surface area contributed by atoms with Gasteiger partial charge in [-0.15, -0.1) is 0 Å². The summed E-state index contributed by atoms with van der Waals surface area (Å²) in [6.07, 6.45) is 4.02. The molecule has 0 spiro atoms. The van der Waals surface area contributed by atoms with E-state index in [2.05, 4.69) is 17.2 Å². The summed E-state index contributed by atoms with van der Waals surface area (Å²) in [4.78, 5) is 4.46. The normalized spacial score (nSPS) is 23.7. The Kier molecular flexibility index (Phi) is 2.89. The Bertz CT molecular complexity index is 681. The highest BCUT2D eigenvalue weighted by atomic mass is 16.7. The maximum absolute atomic E-state index is 5.81. The van der Waals surface area contributed by atoms with Crippen molar-refractivity contribution in [1.82, 2.24) is 4.98 Å². The summed E-state index contributed by atoms with van der Waals surface area (Å²) >= 11 is 0. The van der Waals surface area contributed by atoms with Gasteiger partial charge in [-0.2, -0.15) is 0 Å². The predicted molar refractivity (Wildman–Crippen MR) is 79.9 cm³/mol. The van der Waals surface area contributed by atoms with Gasteiger partial charge in [-0.1, -0.05) is 0 Å². The standard InChI is InChI=1S/C16H18N2O3/c1-16(4-2-6-21-16)9-18-15-12-8-14-13(19-10-20-14)7-11(12)3-5-17-15/h3,5,7-8H,2,4,6,9-10H2,1H3,(H,17,18). The molecule has 1 saturated heterocycles. The van der Waals surface area contributed by atoms with Crippen LogP contribution in [-0.2, 0) is 4.74 Å². The van der Waals surface area contributed by atoms with Crippen LogP contribution in [-0.4, -0.2) is 30.5 Å². The van der Waals surface area contributed by atoms with Crippen molar-refractivity contribution < 1.29 is 14.2 Å². The third kappa shape index (κ3) is 2.27. The fourth-order valence-electron chi connectivity index (χ4n) is 2.95. The summed E-state index contributed by atoms with van der Waals surface area (Å²) < 4.78 is 16.7.